The maximum absolute atomic E-state index is 12.4. The van der Waals surface area contributed by atoms with Gasteiger partial charge in [0.05, 0.1) is 11.2 Å². The summed E-state index contributed by atoms with van der Waals surface area (Å²) >= 11 is 6.11. The molecule has 1 atom stereocenters. The fraction of sp³-hybridized carbons (Fsp3) is 0.714. The predicted molar refractivity (Wildman–Crippen MR) is 82.2 cm³/mol. The Morgan fingerprint density at radius 3 is 2.80 bits per heavy atom. The minimum atomic E-state index is -0.147. The van der Waals surface area contributed by atoms with E-state index in [2.05, 4.69) is 24.3 Å². The van der Waals surface area contributed by atoms with Gasteiger partial charge in [-0.3, -0.25) is 4.79 Å². The van der Waals surface area contributed by atoms with Gasteiger partial charge in [-0.2, -0.15) is 5.10 Å². The smallest absolute Gasteiger partial charge is 0.291 e. The van der Waals surface area contributed by atoms with Crippen LogP contribution >= 0.6 is 11.6 Å². The summed E-state index contributed by atoms with van der Waals surface area (Å²) in [4.78, 5) is 12.4. The zero-order valence-corrected chi connectivity index (χ0v) is 12.9. The molecule has 0 saturated heterocycles. The van der Waals surface area contributed by atoms with Crippen molar-refractivity contribution >= 4 is 17.3 Å². The minimum Gasteiger partial charge on any atom is -0.375 e. The van der Waals surface area contributed by atoms with Crippen LogP contribution < -0.4 is 16.6 Å². The van der Waals surface area contributed by atoms with Gasteiger partial charge >= 0.3 is 0 Å². The first-order chi connectivity index (χ1) is 9.51. The molecule has 0 bridgehead atoms. The average molecular weight is 299 g/mol. The standard InChI is InChI=1S/C14H23ClN4O/c1-9(2)5-11(6-16)18-13-12(15)7-17-19(14(13)20)8-10-3-4-10/h7,9-11,18H,3-6,8,16H2,1-2H3. The molecular formula is C14H23ClN4O. The lowest BCUT2D eigenvalue weighted by molar-refractivity contribution is 0.514. The summed E-state index contributed by atoms with van der Waals surface area (Å²) in [5.41, 5.74) is 6.05. The molecule has 0 aliphatic heterocycles. The van der Waals surface area contributed by atoms with Crippen molar-refractivity contribution in [1.29, 1.82) is 0 Å². The van der Waals surface area contributed by atoms with Crippen LogP contribution in [0.4, 0.5) is 5.69 Å². The first kappa shape index (κ1) is 15.3. The number of nitrogens with one attached hydrogen (secondary N) is 1. The second-order valence-electron chi connectivity index (χ2n) is 6.00. The number of hydrogen-bond donors (Lipinski definition) is 2. The summed E-state index contributed by atoms with van der Waals surface area (Å²) < 4.78 is 1.51. The van der Waals surface area contributed by atoms with Crippen LogP contribution in [0.25, 0.3) is 0 Å². The number of hydrogen-bond acceptors (Lipinski definition) is 4. The first-order valence-electron chi connectivity index (χ1n) is 7.23. The molecule has 0 aromatic carbocycles. The summed E-state index contributed by atoms with van der Waals surface area (Å²) in [7, 11) is 0. The third-order valence-corrected chi connectivity index (χ3v) is 3.80. The van der Waals surface area contributed by atoms with Crippen LogP contribution in [0.2, 0.25) is 5.02 Å². The number of anilines is 1. The molecule has 1 saturated carbocycles. The van der Waals surface area contributed by atoms with Crippen molar-refractivity contribution in [3.8, 4) is 0 Å². The molecule has 20 heavy (non-hydrogen) atoms. The van der Waals surface area contributed by atoms with E-state index in [0.29, 0.717) is 35.6 Å². The van der Waals surface area contributed by atoms with Gasteiger partial charge in [-0.05, 0) is 31.1 Å². The van der Waals surface area contributed by atoms with Gasteiger partial charge in [-0.25, -0.2) is 4.68 Å². The highest BCUT2D eigenvalue weighted by atomic mass is 35.5. The number of nitrogens with two attached hydrogens (primary N) is 1. The van der Waals surface area contributed by atoms with E-state index in [0.717, 1.165) is 6.42 Å². The van der Waals surface area contributed by atoms with Gasteiger partial charge in [0, 0.05) is 19.1 Å². The molecule has 5 nitrogen and oxygen atoms in total. The fourth-order valence-corrected chi connectivity index (χ4v) is 2.44. The van der Waals surface area contributed by atoms with Gasteiger partial charge in [0.25, 0.3) is 5.56 Å². The molecule has 2 rings (SSSR count). The van der Waals surface area contributed by atoms with E-state index in [1.807, 2.05) is 0 Å². The Balaban J connectivity index is 2.18. The topological polar surface area (TPSA) is 72.9 Å². The molecule has 6 heteroatoms. The number of rotatable bonds is 7. The third-order valence-electron chi connectivity index (χ3n) is 3.51. The summed E-state index contributed by atoms with van der Waals surface area (Å²) in [6.45, 7) is 5.41. The van der Waals surface area contributed by atoms with Crippen LogP contribution in [-0.2, 0) is 6.54 Å². The highest BCUT2D eigenvalue weighted by Gasteiger charge is 2.24. The molecule has 1 aliphatic rings. The van der Waals surface area contributed by atoms with Crippen LogP contribution in [0.3, 0.4) is 0 Å². The lowest BCUT2D eigenvalue weighted by atomic mass is 10.0. The maximum Gasteiger partial charge on any atom is 0.291 e. The van der Waals surface area contributed by atoms with Gasteiger partial charge < -0.3 is 11.1 Å². The molecule has 0 amide bonds. The van der Waals surface area contributed by atoms with Crippen molar-refractivity contribution in [3.63, 3.8) is 0 Å². The largest absolute Gasteiger partial charge is 0.375 e. The van der Waals surface area contributed by atoms with Gasteiger partial charge in [-0.15, -0.1) is 0 Å². The Morgan fingerprint density at radius 2 is 2.25 bits per heavy atom. The number of aromatic nitrogens is 2. The normalized spacial score (nSPS) is 16.4. The molecule has 1 fully saturated rings. The van der Waals surface area contributed by atoms with E-state index < -0.39 is 0 Å². The van der Waals surface area contributed by atoms with Gasteiger partial charge in [0.1, 0.15) is 5.69 Å². The van der Waals surface area contributed by atoms with Crippen molar-refractivity contribution in [2.45, 2.75) is 45.7 Å². The lowest BCUT2D eigenvalue weighted by Crippen LogP contribution is -2.35. The SMILES string of the molecule is CC(C)CC(CN)Nc1c(Cl)cnn(CC2CC2)c1=O. The molecular weight excluding hydrogens is 276 g/mol. The summed E-state index contributed by atoms with van der Waals surface area (Å²) in [5.74, 6) is 1.10. The van der Waals surface area contributed by atoms with Crippen LogP contribution in [0.1, 0.15) is 33.1 Å². The predicted octanol–water partition coefficient (Wildman–Crippen LogP) is 2.09. The monoisotopic (exact) mass is 298 g/mol. The van der Waals surface area contributed by atoms with Crippen molar-refractivity contribution in [1.82, 2.24) is 9.78 Å². The fourth-order valence-electron chi connectivity index (χ4n) is 2.26. The highest BCUT2D eigenvalue weighted by molar-refractivity contribution is 6.33. The zero-order chi connectivity index (χ0) is 14.7. The van der Waals surface area contributed by atoms with Crippen molar-refractivity contribution < 1.29 is 0 Å². The van der Waals surface area contributed by atoms with Crippen molar-refractivity contribution in [3.05, 3.63) is 21.6 Å². The maximum atomic E-state index is 12.4. The Kier molecular flexibility index (Phi) is 5.05. The van der Waals surface area contributed by atoms with E-state index in [-0.39, 0.29) is 11.6 Å². The van der Waals surface area contributed by atoms with E-state index in [1.54, 1.807) is 0 Å². The molecule has 112 valence electrons. The lowest BCUT2D eigenvalue weighted by Gasteiger charge is -2.20. The Hall–Kier alpha value is -1.07. The quantitative estimate of drug-likeness (QED) is 0.808. The van der Waals surface area contributed by atoms with Gasteiger partial charge in [-0.1, -0.05) is 25.4 Å². The molecule has 1 unspecified atom stereocenters. The summed E-state index contributed by atoms with van der Waals surface area (Å²) in [5, 5.41) is 7.68. The molecule has 0 radical (unpaired) electrons. The Bertz CT molecular complexity index is 510. The first-order valence-corrected chi connectivity index (χ1v) is 7.61. The van der Waals surface area contributed by atoms with Crippen LogP contribution in [0.15, 0.2) is 11.0 Å². The van der Waals surface area contributed by atoms with E-state index in [1.165, 1.54) is 23.7 Å². The summed E-state index contributed by atoms with van der Waals surface area (Å²) in [6.07, 6.45) is 4.80. The van der Waals surface area contributed by atoms with Gasteiger partial charge in [0.2, 0.25) is 0 Å². The Morgan fingerprint density at radius 1 is 1.55 bits per heavy atom. The summed E-state index contributed by atoms with van der Waals surface area (Å²) in [6, 6.07) is 0.0528. The Labute approximate surface area is 124 Å². The average Bonchev–Trinajstić information content (AvgIpc) is 3.20. The molecule has 0 spiro atoms. The van der Waals surface area contributed by atoms with Gasteiger partial charge in [0.15, 0.2) is 0 Å². The molecule has 3 N–H and O–H groups in total. The van der Waals surface area contributed by atoms with Crippen LogP contribution in [0, 0.1) is 11.8 Å². The van der Waals surface area contributed by atoms with E-state index >= 15 is 0 Å². The van der Waals surface area contributed by atoms with E-state index in [4.69, 9.17) is 17.3 Å². The van der Waals surface area contributed by atoms with Crippen molar-refractivity contribution in [2.75, 3.05) is 11.9 Å². The van der Waals surface area contributed by atoms with Crippen molar-refractivity contribution in [2.24, 2.45) is 17.6 Å². The van der Waals surface area contributed by atoms with E-state index in [9.17, 15) is 4.79 Å². The number of nitrogens with zero attached hydrogens (tertiary/aromatic N) is 2. The van der Waals surface area contributed by atoms with Crippen LogP contribution in [0.5, 0.6) is 0 Å². The molecule has 1 aromatic rings. The number of halogens is 1. The molecule has 1 heterocycles. The third kappa shape index (κ3) is 3.96. The zero-order valence-electron chi connectivity index (χ0n) is 12.1. The molecule has 1 aromatic heterocycles. The minimum absolute atomic E-state index is 0.0528. The second-order valence-corrected chi connectivity index (χ2v) is 6.41. The highest BCUT2D eigenvalue weighted by Crippen LogP contribution is 2.30. The molecule has 1 aliphatic carbocycles. The second kappa shape index (κ2) is 6.59. The van der Waals surface area contributed by atoms with Crippen LogP contribution in [-0.4, -0.2) is 22.4 Å².